The van der Waals surface area contributed by atoms with Crippen molar-refractivity contribution in [1.82, 2.24) is 15.5 Å². The minimum absolute atomic E-state index is 0.732. The first-order valence-electron chi connectivity index (χ1n) is 9.53. The predicted molar refractivity (Wildman–Crippen MR) is 110 cm³/mol. The van der Waals surface area contributed by atoms with E-state index in [9.17, 15) is 0 Å². The lowest BCUT2D eigenvalue weighted by Gasteiger charge is -2.19. The summed E-state index contributed by atoms with van der Waals surface area (Å²) in [5, 5.41) is 6.72. The molecule has 148 valence electrons. The Morgan fingerprint density at radius 1 is 1.11 bits per heavy atom. The number of hydrogen-bond donors (Lipinski definition) is 2. The van der Waals surface area contributed by atoms with Crippen molar-refractivity contribution in [2.45, 2.75) is 33.0 Å². The van der Waals surface area contributed by atoms with Crippen molar-refractivity contribution >= 4 is 5.96 Å². The fraction of sp³-hybridized carbons (Fsp3) is 0.476. The first kappa shape index (κ1) is 21.0. The quantitative estimate of drug-likeness (QED) is 0.361. The van der Waals surface area contributed by atoms with Crippen LogP contribution in [0.2, 0.25) is 0 Å². The van der Waals surface area contributed by atoms with E-state index in [-0.39, 0.29) is 0 Å². The molecule has 6 nitrogen and oxygen atoms in total. The van der Waals surface area contributed by atoms with Crippen molar-refractivity contribution in [2.24, 2.45) is 4.99 Å². The summed E-state index contributed by atoms with van der Waals surface area (Å²) in [6.45, 7) is 6.76. The SMILES string of the molecule is CCOCCCNC(=NC)NCc1ccccc1CN(C)Cc1ccco1. The molecule has 0 aliphatic rings. The summed E-state index contributed by atoms with van der Waals surface area (Å²) in [6, 6.07) is 12.4. The molecule has 0 fully saturated rings. The van der Waals surface area contributed by atoms with Gasteiger partial charge in [-0.15, -0.1) is 0 Å². The Labute approximate surface area is 162 Å². The molecule has 0 spiro atoms. The Morgan fingerprint density at radius 2 is 1.93 bits per heavy atom. The van der Waals surface area contributed by atoms with Crippen LogP contribution in [-0.2, 0) is 24.4 Å². The minimum Gasteiger partial charge on any atom is -0.468 e. The normalized spacial score (nSPS) is 11.8. The summed E-state index contributed by atoms with van der Waals surface area (Å²) in [6.07, 6.45) is 2.68. The number of ether oxygens (including phenoxy) is 1. The van der Waals surface area contributed by atoms with E-state index < -0.39 is 0 Å². The van der Waals surface area contributed by atoms with Crippen LogP contribution in [0.5, 0.6) is 0 Å². The van der Waals surface area contributed by atoms with Crippen molar-refractivity contribution in [3.63, 3.8) is 0 Å². The molecule has 0 aliphatic carbocycles. The fourth-order valence-electron chi connectivity index (χ4n) is 2.82. The Balaban J connectivity index is 1.83. The summed E-state index contributed by atoms with van der Waals surface area (Å²) in [4.78, 5) is 6.54. The van der Waals surface area contributed by atoms with Gasteiger partial charge in [-0.2, -0.15) is 0 Å². The molecule has 1 aromatic carbocycles. The summed E-state index contributed by atoms with van der Waals surface area (Å²) < 4.78 is 10.8. The van der Waals surface area contributed by atoms with Gasteiger partial charge in [0.15, 0.2) is 5.96 Å². The molecule has 0 aliphatic heterocycles. The number of rotatable bonds is 11. The average molecular weight is 373 g/mol. The van der Waals surface area contributed by atoms with Crippen LogP contribution in [0, 0.1) is 0 Å². The molecular weight excluding hydrogens is 340 g/mol. The van der Waals surface area contributed by atoms with Crippen molar-refractivity contribution in [2.75, 3.05) is 33.9 Å². The fourth-order valence-corrected chi connectivity index (χ4v) is 2.82. The molecule has 0 amide bonds. The van der Waals surface area contributed by atoms with E-state index in [1.54, 1.807) is 13.3 Å². The van der Waals surface area contributed by atoms with E-state index >= 15 is 0 Å². The number of furan rings is 1. The van der Waals surface area contributed by atoms with Gasteiger partial charge in [-0.3, -0.25) is 9.89 Å². The van der Waals surface area contributed by atoms with Crippen LogP contribution < -0.4 is 10.6 Å². The molecule has 0 saturated carbocycles. The lowest BCUT2D eigenvalue weighted by Crippen LogP contribution is -2.37. The second-order valence-electron chi connectivity index (χ2n) is 6.42. The van der Waals surface area contributed by atoms with Crippen LogP contribution in [0.15, 0.2) is 52.1 Å². The van der Waals surface area contributed by atoms with E-state index in [1.165, 1.54) is 11.1 Å². The van der Waals surface area contributed by atoms with Crippen molar-refractivity contribution < 1.29 is 9.15 Å². The lowest BCUT2D eigenvalue weighted by molar-refractivity contribution is 0.145. The van der Waals surface area contributed by atoms with Crippen LogP contribution in [0.3, 0.4) is 0 Å². The molecule has 6 heteroatoms. The zero-order chi connectivity index (χ0) is 19.3. The molecule has 0 radical (unpaired) electrons. The first-order chi connectivity index (χ1) is 13.2. The number of nitrogens with one attached hydrogen (secondary N) is 2. The van der Waals surface area contributed by atoms with Crippen molar-refractivity contribution in [3.05, 3.63) is 59.5 Å². The van der Waals surface area contributed by atoms with Gasteiger partial charge in [-0.05, 0) is 43.7 Å². The molecule has 2 aromatic rings. The maximum atomic E-state index is 5.44. The third-order valence-electron chi connectivity index (χ3n) is 4.20. The van der Waals surface area contributed by atoms with Crippen LogP contribution in [0.4, 0.5) is 0 Å². The van der Waals surface area contributed by atoms with Gasteiger partial charge in [-0.1, -0.05) is 24.3 Å². The van der Waals surface area contributed by atoms with Crippen molar-refractivity contribution in [1.29, 1.82) is 0 Å². The minimum atomic E-state index is 0.732. The summed E-state index contributed by atoms with van der Waals surface area (Å²) in [5.74, 6) is 1.79. The van der Waals surface area contributed by atoms with Gasteiger partial charge in [0.1, 0.15) is 5.76 Å². The second-order valence-corrected chi connectivity index (χ2v) is 6.42. The van der Waals surface area contributed by atoms with Gasteiger partial charge in [0.25, 0.3) is 0 Å². The Morgan fingerprint density at radius 3 is 2.63 bits per heavy atom. The Hall–Kier alpha value is -2.31. The van der Waals surface area contributed by atoms with Gasteiger partial charge in [-0.25, -0.2) is 0 Å². The van der Waals surface area contributed by atoms with Gasteiger partial charge in [0.05, 0.1) is 12.8 Å². The highest BCUT2D eigenvalue weighted by molar-refractivity contribution is 5.79. The Bertz CT molecular complexity index is 671. The number of guanidine groups is 1. The van der Waals surface area contributed by atoms with Crippen LogP contribution >= 0.6 is 0 Å². The van der Waals surface area contributed by atoms with E-state index in [0.717, 1.165) is 57.5 Å². The van der Waals surface area contributed by atoms with Gasteiger partial charge < -0.3 is 19.8 Å². The van der Waals surface area contributed by atoms with Gasteiger partial charge >= 0.3 is 0 Å². The molecule has 27 heavy (non-hydrogen) atoms. The summed E-state index contributed by atoms with van der Waals surface area (Å²) in [7, 11) is 3.90. The molecule has 0 saturated heterocycles. The molecule has 0 unspecified atom stereocenters. The van der Waals surface area contributed by atoms with Crippen LogP contribution in [0.1, 0.15) is 30.2 Å². The second kappa shape index (κ2) is 12.1. The monoisotopic (exact) mass is 372 g/mol. The number of benzene rings is 1. The van der Waals surface area contributed by atoms with Gasteiger partial charge in [0, 0.05) is 39.9 Å². The molecule has 0 atom stereocenters. The summed E-state index contributed by atoms with van der Waals surface area (Å²) in [5.41, 5.74) is 2.56. The standard InChI is InChI=1S/C21H32N4O2/c1-4-26-13-8-12-23-21(22-2)24-15-18-9-5-6-10-19(18)16-25(3)17-20-11-7-14-27-20/h5-7,9-11,14H,4,8,12-13,15-17H2,1-3H3,(H2,22,23,24). The number of aliphatic imine (C=N–C) groups is 1. The zero-order valence-electron chi connectivity index (χ0n) is 16.7. The van der Waals surface area contributed by atoms with Gasteiger partial charge in [0.2, 0.25) is 0 Å². The van der Waals surface area contributed by atoms with E-state index in [2.05, 4.69) is 51.8 Å². The maximum absolute atomic E-state index is 5.44. The molecule has 2 rings (SSSR count). The Kier molecular flexibility index (Phi) is 9.44. The molecule has 1 aromatic heterocycles. The predicted octanol–water partition coefficient (Wildman–Crippen LogP) is 3.00. The lowest BCUT2D eigenvalue weighted by atomic mass is 10.1. The average Bonchev–Trinajstić information content (AvgIpc) is 3.18. The first-order valence-corrected chi connectivity index (χ1v) is 9.53. The highest BCUT2D eigenvalue weighted by Gasteiger charge is 2.08. The smallest absolute Gasteiger partial charge is 0.191 e. The largest absolute Gasteiger partial charge is 0.468 e. The summed E-state index contributed by atoms with van der Waals surface area (Å²) >= 11 is 0. The zero-order valence-corrected chi connectivity index (χ0v) is 16.7. The molecule has 1 heterocycles. The molecule has 2 N–H and O–H groups in total. The van der Waals surface area contributed by atoms with E-state index in [1.807, 2.05) is 19.1 Å². The third-order valence-corrected chi connectivity index (χ3v) is 4.20. The molecular formula is C21H32N4O2. The van der Waals surface area contributed by atoms with Crippen LogP contribution in [-0.4, -0.2) is 44.7 Å². The van der Waals surface area contributed by atoms with E-state index in [4.69, 9.17) is 9.15 Å². The van der Waals surface area contributed by atoms with E-state index in [0.29, 0.717) is 0 Å². The van der Waals surface area contributed by atoms with Crippen LogP contribution in [0.25, 0.3) is 0 Å². The highest BCUT2D eigenvalue weighted by atomic mass is 16.5. The topological polar surface area (TPSA) is 62.0 Å². The molecule has 0 bridgehead atoms. The third kappa shape index (κ3) is 7.85. The number of nitrogens with zero attached hydrogens (tertiary/aromatic N) is 2. The van der Waals surface area contributed by atoms with Crippen molar-refractivity contribution in [3.8, 4) is 0 Å². The highest BCUT2D eigenvalue weighted by Crippen LogP contribution is 2.13. The number of hydrogen-bond acceptors (Lipinski definition) is 4. The maximum Gasteiger partial charge on any atom is 0.191 e.